The SMILES string of the molecule is CN=C(NCCOCCC(C)C)NCc1ccc(C(=O)N2CCCCC2)cc1. The van der Waals surface area contributed by atoms with E-state index in [0.717, 1.165) is 62.6 Å². The molecule has 0 spiro atoms. The lowest BCUT2D eigenvalue weighted by atomic mass is 10.1. The van der Waals surface area contributed by atoms with Crippen molar-refractivity contribution in [2.75, 3.05) is 39.9 Å². The van der Waals surface area contributed by atoms with Crippen LogP contribution in [0.5, 0.6) is 0 Å². The van der Waals surface area contributed by atoms with Crippen molar-refractivity contribution in [3.8, 4) is 0 Å². The fourth-order valence-corrected chi connectivity index (χ4v) is 3.11. The van der Waals surface area contributed by atoms with Crippen molar-refractivity contribution in [1.29, 1.82) is 0 Å². The van der Waals surface area contributed by atoms with E-state index in [1.165, 1.54) is 6.42 Å². The topological polar surface area (TPSA) is 66.0 Å². The highest BCUT2D eigenvalue weighted by Crippen LogP contribution is 2.13. The molecule has 2 N–H and O–H groups in total. The maximum absolute atomic E-state index is 12.5. The van der Waals surface area contributed by atoms with Crippen LogP contribution in [0.1, 0.15) is 55.5 Å². The fraction of sp³-hybridized carbons (Fsp3) is 0.636. The average molecular weight is 389 g/mol. The number of carbonyl (C=O) groups is 1. The predicted octanol–water partition coefficient (Wildman–Crippen LogP) is 3.04. The summed E-state index contributed by atoms with van der Waals surface area (Å²) in [5.41, 5.74) is 1.89. The molecule has 28 heavy (non-hydrogen) atoms. The van der Waals surface area contributed by atoms with E-state index in [2.05, 4.69) is 29.5 Å². The Morgan fingerprint density at radius 3 is 2.46 bits per heavy atom. The third-order valence-corrected chi connectivity index (χ3v) is 4.91. The molecule has 6 heteroatoms. The molecule has 1 saturated heterocycles. The monoisotopic (exact) mass is 388 g/mol. The molecule has 1 aliphatic heterocycles. The van der Waals surface area contributed by atoms with Gasteiger partial charge in [-0.25, -0.2) is 0 Å². The molecular weight excluding hydrogens is 352 g/mol. The van der Waals surface area contributed by atoms with E-state index in [4.69, 9.17) is 4.74 Å². The van der Waals surface area contributed by atoms with Gasteiger partial charge in [-0.1, -0.05) is 26.0 Å². The summed E-state index contributed by atoms with van der Waals surface area (Å²) in [4.78, 5) is 18.7. The zero-order chi connectivity index (χ0) is 20.2. The fourth-order valence-electron chi connectivity index (χ4n) is 3.11. The second-order valence-corrected chi connectivity index (χ2v) is 7.70. The first kappa shape index (κ1) is 22.2. The van der Waals surface area contributed by atoms with Gasteiger partial charge in [-0.15, -0.1) is 0 Å². The number of ether oxygens (including phenoxy) is 1. The van der Waals surface area contributed by atoms with Crippen molar-refractivity contribution >= 4 is 11.9 Å². The Morgan fingerprint density at radius 2 is 1.82 bits per heavy atom. The molecule has 2 rings (SSSR count). The summed E-state index contributed by atoms with van der Waals surface area (Å²) in [5.74, 6) is 1.57. The van der Waals surface area contributed by atoms with Gasteiger partial charge in [-0.2, -0.15) is 0 Å². The Morgan fingerprint density at radius 1 is 1.11 bits per heavy atom. The van der Waals surface area contributed by atoms with Crippen LogP contribution in [0.2, 0.25) is 0 Å². The molecule has 0 unspecified atom stereocenters. The molecule has 1 heterocycles. The summed E-state index contributed by atoms with van der Waals surface area (Å²) in [5, 5.41) is 6.55. The van der Waals surface area contributed by atoms with E-state index in [-0.39, 0.29) is 5.91 Å². The maximum Gasteiger partial charge on any atom is 0.253 e. The van der Waals surface area contributed by atoms with Crippen LogP contribution >= 0.6 is 0 Å². The molecule has 0 aliphatic carbocycles. The molecule has 156 valence electrons. The zero-order valence-corrected chi connectivity index (χ0v) is 17.7. The Kier molecular flexibility index (Phi) is 9.83. The molecule has 0 aromatic heterocycles. The first-order chi connectivity index (χ1) is 13.6. The maximum atomic E-state index is 12.5. The summed E-state index contributed by atoms with van der Waals surface area (Å²) in [7, 11) is 1.76. The zero-order valence-electron chi connectivity index (χ0n) is 17.7. The normalized spacial score (nSPS) is 15.0. The van der Waals surface area contributed by atoms with E-state index in [1.54, 1.807) is 7.05 Å². The molecule has 1 aromatic carbocycles. The third kappa shape index (κ3) is 7.89. The van der Waals surface area contributed by atoms with Gasteiger partial charge >= 0.3 is 0 Å². The van der Waals surface area contributed by atoms with Gasteiger partial charge in [0.25, 0.3) is 5.91 Å². The Labute approximate surface area is 169 Å². The highest BCUT2D eigenvalue weighted by atomic mass is 16.5. The van der Waals surface area contributed by atoms with Crippen molar-refractivity contribution in [3.63, 3.8) is 0 Å². The average Bonchev–Trinajstić information content (AvgIpc) is 2.73. The minimum Gasteiger partial charge on any atom is -0.380 e. The highest BCUT2D eigenvalue weighted by molar-refractivity contribution is 5.94. The molecule has 6 nitrogen and oxygen atoms in total. The number of aliphatic imine (C=N–C) groups is 1. The van der Waals surface area contributed by atoms with Crippen molar-refractivity contribution < 1.29 is 9.53 Å². The standard InChI is InChI=1S/C22H36N4O2/c1-18(2)11-15-28-16-12-24-22(23-3)25-17-19-7-9-20(10-8-19)21(27)26-13-5-4-6-14-26/h7-10,18H,4-6,11-17H2,1-3H3,(H2,23,24,25). The molecule has 0 saturated carbocycles. The molecule has 1 aliphatic rings. The molecule has 1 fully saturated rings. The smallest absolute Gasteiger partial charge is 0.253 e. The van der Waals surface area contributed by atoms with E-state index in [1.807, 2.05) is 29.2 Å². The lowest BCUT2D eigenvalue weighted by molar-refractivity contribution is 0.0724. The first-order valence-electron chi connectivity index (χ1n) is 10.5. The minimum atomic E-state index is 0.147. The van der Waals surface area contributed by atoms with Crippen LogP contribution in [0.15, 0.2) is 29.3 Å². The molecule has 1 aromatic rings. The van der Waals surface area contributed by atoms with Crippen LogP contribution < -0.4 is 10.6 Å². The number of likely N-dealkylation sites (tertiary alicyclic amines) is 1. The van der Waals surface area contributed by atoms with Gasteiger partial charge in [0.15, 0.2) is 5.96 Å². The largest absolute Gasteiger partial charge is 0.380 e. The van der Waals surface area contributed by atoms with Crippen LogP contribution in [-0.4, -0.2) is 56.7 Å². The third-order valence-electron chi connectivity index (χ3n) is 4.91. The minimum absolute atomic E-state index is 0.147. The molecule has 1 amide bonds. The highest BCUT2D eigenvalue weighted by Gasteiger charge is 2.17. The van der Waals surface area contributed by atoms with Crippen molar-refractivity contribution in [3.05, 3.63) is 35.4 Å². The number of hydrogen-bond acceptors (Lipinski definition) is 3. The molecule has 0 atom stereocenters. The van der Waals surface area contributed by atoms with E-state index in [9.17, 15) is 4.79 Å². The van der Waals surface area contributed by atoms with E-state index in [0.29, 0.717) is 19.1 Å². The quantitative estimate of drug-likeness (QED) is 0.388. The van der Waals surface area contributed by atoms with Crippen LogP contribution in [0, 0.1) is 5.92 Å². The summed E-state index contributed by atoms with van der Waals surface area (Å²) in [6, 6.07) is 7.86. The number of hydrogen-bond donors (Lipinski definition) is 2. The summed E-state index contributed by atoms with van der Waals surface area (Å²) < 4.78 is 5.61. The number of guanidine groups is 1. The van der Waals surface area contributed by atoms with Gasteiger partial charge in [0.05, 0.1) is 6.61 Å². The van der Waals surface area contributed by atoms with Crippen molar-refractivity contribution in [1.82, 2.24) is 15.5 Å². The van der Waals surface area contributed by atoms with Gasteiger partial charge in [0.2, 0.25) is 0 Å². The predicted molar refractivity (Wildman–Crippen MR) is 115 cm³/mol. The van der Waals surface area contributed by atoms with Crippen LogP contribution in [0.4, 0.5) is 0 Å². The lowest BCUT2D eigenvalue weighted by Crippen LogP contribution is -2.38. The Bertz CT molecular complexity index is 607. The number of rotatable bonds is 9. The number of piperidine rings is 1. The van der Waals surface area contributed by atoms with Gasteiger partial charge < -0.3 is 20.3 Å². The van der Waals surface area contributed by atoms with Gasteiger partial charge in [0.1, 0.15) is 0 Å². The van der Waals surface area contributed by atoms with Crippen LogP contribution in [-0.2, 0) is 11.3 Å². The van der Waals surface area contributed by atoms with Crippen LogP contribution in [0.25, 0.3) is 0 Å². The molecular formula is C22H36N4O2. The van der Waals surface area contributed by atoms with Gasteiger partial charge in [-0.3, -0.25) is 9.79 Å². The van der Waals surface area contributed by atoms with Gasteiger partial charge in [0, 0.05) is 45.4 Å². The second kappa shape index (κ2) is 12.4. The van der Waals surface area contributed by atoms with Crippen molar-refractivity contribution in [2.24, 2.45) is 10.9 Å². The number of nitrogens with one attached hydrogen (secondary N) is 2. The summed E-state index contributed by atoms with van der Waals surface area (Å²) in [6.07, 6.45) is 4.54. The van der Waals surface area contributed by atoms with E-state index < -0.39 is 0 Å². The lowest BCUT2D eigenvalue weighted by Gasteiger charge is -2.26. The second-order valence-electron chi connectivity index (χ2n) is 7.70. The molecule has 0 radical (unpaired) electrons. The molecule has 0 bridgehead atoms. The van der Waals surface area contributed by atoms with E-state index >= 15 is 0 Å². The number of amides is 1. The number of nitrogens with zero attached hydrogens (tertiary/aromatic N) is 2. The Balaban J connectivity index is 1.70. The Hall–Kier alpha value is -2.08. The van der Waals surface area contributed by atoms with Gasteiger partial charge in [-0.05, 0) is 49.3 Å². The van der Waals surface area contributed by atoms with Crippen LogP contribution in [0.3, 0.4) is 0 Å². The summed E-state index contributed by atoms with van der Waals surface area (Å²) >= 11 is 0. The first-order valence-corrected chi connectivity index (χ1v) is 10.5. The summed E-state index contributed by atoms with van der Waals surface area (Å²) in [6.45, 7) is 9.01. The number of benzene rings is 1. The number of carbonyl (C=O) groups excluding carboxylic acids is 1. The van der Waals surface area contributed by atoms with Crippen molar-refractivity contribution in [2.45, 2.75) is 46.1 Å².